The second-order valence-electron chi connectivity index (χ2n) is 6.32. The molecular formula is C23H18FN3OS. The van der Waals surface area contributed by atoms with Crippen LogP contribution >= 0.6 is 11.8 Å². The lowest BCUT2D eigenvalue weighted by Crippen LogP contribution is -2.14. The topological polar surface area (TPSA) is 46.9 Å². The quantitative estimate of drug-likeness (QED) is 0.438. The molecule has 1 aromatic heterocycles. The maximum Gasteiger partial charge on any atom is 0.234 e. The molecule has 0 unspecified atom stereocenters. The van der Waals surface area contributed by atoms with Gasteiger partial charge in [-0.25, -0.2) is 9.37 Å². The SMILES string of the molecule is O=C(CSc1nc(-c2ccccc2)cn1-c1ccc(F)cc1)Nc1ccccc1. The molecule has 3 aromatic carbocycles. The maximum atomic E-state index is 13.4. The van der Waals surface area contributed by atoms with Crippen LogP contribution in [-0.4, -0.2) is 21.2 Å². The van der Waals surface area contributed by atoms with E-state index in [9.17, 15) is 9.18 Å². The van der Waals surface area contributed by atoms with E-state index in [0.717, 1.165) is 22.6 Å². The van der Waals surface area contributed by atoms with Crippen LogP contribution in [0.4, 0.5) is 10.1 Å². The largest absolute Gasteiger partial charge is 0.325 e. The van der Waals surface area contributed by atoms with Gasteiger partial charge in [-0.1, -0.05) is 60.3 Å². The Labute approximate surface area is 172 Å². The Morgan fingerprint density at radius 1 is 0.931 bits per heavy atom. The first-order valence-electron chi connectivity index (χ1n) is 9.07. The minimum Gasteiger partial charge on any atom is -0.325 e. The maximum absolute atomic E-state index is 13.4. The van der Waals surface area contributed by atoms with Gasteiger partial charge < -0.3 is 5.32 Å². The lowest BCUT2D eigenvalue weighted by atomic mass is 10.2. The van der Waals surface area contributed by atoms with Gasteiger partial charge in [-0.2, -0.15) is 0 Å². The molecule has 0 aliphatic carbocycles. The molecule has 1 N–H and O–H groups in total. The van der Waals surface area contributed by atoms with Gasteiger partial charge in [0.25, 0.3) is 0 Å². The van der Waals surface area contributed by atoms with Crippen molar-refractivity contribution in [1.29, 1.82) is 0 Å². The highest BCUT2D eigenvalue weighted by Gasteiger charge is 2.14. The first-order valence-corrected chi connectivity index (χ1v) is 10.1. The van der Waals surface area contributed by atoms with Gasteiger partial charge >= 0.3 is 0 Å². The Hall–Kier alpha value is -3.38. The van der Waals surface area contributed by atoms with Gasteiger partial charge in [0.05, 0.1) is 11.4 Å². The molecule has 0 fully saturated rings. The lowest BCUT2D eigenvalue weighted by molar-refractivity contribution is -0.113. The molecule has 0 atom stereocenters. The van der Waals surface area contributed by atoms with Crippen molar-refractivity contribution < 1.29 is 9.18 Å². The van der Waals surface area contributed by atoms with E-state index >= 15 is 0 Å². The number of imidazole rings is 1. The Bertz CT molecular complexity index is 1100. The minimum atomic E-state index is -0.298. The van der Waals surface area contributed by atoms with Gasteiger partial charge in [0, 0.05) is 23.1 Å². The third-order valence-electron chi connectivity index (χ3n) is 4.24. The van der Waals surface area contributed by atoms with Gasteiger partial charge in [-0.3, -0.25) is 9.36 Å². The normalized spacial score (nSPS) is 10.7. The Morgan fingerprint density at radius 2 is 1.59 bits per heavy atom. The highest BCUT2D eigenvalue weighted by atomic mass is 32.2. The number of carbonyl (C=O) groups is 1. The van der Waals surface area contributed by atoms with Crippen LogP contribution in [0.15, 0.2) is 96.3 Å². The summed E-state index contributed by atoms with van der Waals surface area (Å²) >= 11 is 1.33. The standard InChI is InChI=1S/C23H18FN3OS/c24-18-11-13-20(14-12-18)27-15-21(17-7-3-1-4-8-17)26-23(27)29-16-22(28)25-19-9-5-2-6-10-19/h1-15H,16H2,(H,25,28). The van der Waals surface area contributed by atoms with E-state index in [0.29, 0.717) is 5.16 Å². The van der Waals surface area contributed by atoms with Crippen LogP contribution in [0.2, 0.25) is 0 Å². The number of hydrogen-bond donors (Lipinski definition) is 1. The molecule has 0 saturated heterocycles. The molecule has 0 saturated carbocycles. The van der Waals surface area contributed by atoms with Crippen molar-refractivity contribution >= 4 is 23.4 Å². The zero-order chi connectivity index (χ0) is 20.1. The summed E-state index contributed by atoms with van der Waals surface area (Å²) in [6.07, 6.45) is 1.90. The summed E-state index contributed by atoms with van der Waals surface area (Å²) in [4.78, 5) is 17.0. The van der Waals surface area contributed by atoms with Crippen LogP contribution in [-0.2, 0) is 4.79 Å². The number of aromatic nitrogens is 2. The van der Waals surface area contributed by atoms with Crippen molar-refractivity contribution in [3.63, 3.8) is 0 Å². The number of nitrogens with zero attached hydrogens (tertiary/aromatic N) is 2. The second-order valence-corrected chi connectivity index (χ2v) is 7.27. The molecule has 0 bridgehead atoms. The number of thioether (sulfide) groups is 1. The molecule has 29 heavy (non-hydrogen) atoms. The predicted molar refractivity (Wildman–Crippen MR) is 115 cm³/mol. The highest BCUT2D eigenvalue weighted by molar-refractivity contribution is 7.99. The number of amides is 1. The first kappa shape index (κ1) is 19.0. The van der Waals surface area contributed by atoms with E-state index in [1.54, 1.807) is 12.1 Å². The summed E-state index contributed by atoms with van der Waals surface area (Å²) in [6.45, 7) is 0. The van der Waals surface area contributed by atoms with E-state index in [1.807, 2.05) is 71.4 Å². The van der Waals surface area contributed by atoms with E-state index < -0.39 is 0 Å². The molecule has 4 aromatic rings. The van der Waals surface area contributed by atoms with Crippen molar-refractivity contribution in [2.75, 3.05) is 11.1 Å². The molecule has 4 nitrogen and oxygen atoms in total. The number of nitrogens with one attached hydrogen (secondary N) is 1. The third kappa shape index (κ3) is 4.73. The van der Waals surface area contributed by atoms with Crippen molar-refractivity contribution in [3.05, 3.63) is 96.9 Å². The number of hydrogen-bond acceptors (Lipinski definition) is 3. The van der Waals surface area contributed by atoms with E-state index in [-0.39, 0.29) is 17.5 Å². The fraction of sp³-hybridized carbons (Fsp3) is 0.0435. The Kier molecular flexibility index (Phi) is 5.72. The minimum absolute atomic E-state index is 0.115. The monoisotopic (exact) mass is 403 g/mol. The third-order valence-corrected chi connectivity index (χ3v) is 5.19. The van der Waals surface area contributed by atoms with E-state index in [1.165, 1.54) is 23.9 Å². The molecule has 0 radical (unpaired) electrons. The average molecular weight is 403 g/mol. The van der Waals surface area contributed by atoms with Gasteiger partial charge in [0.15, 0.2) is 5.16 Å². The average Bonchev–Trinajstić information content (AvgIpc) is 3.18. The number of halogens is 1. The number of carbonyl (C=O) groups excluding carboxylic acids is 1. The smallest absolute Gasteiger partial charge is 0.234 e. The molecule has 144 valence electrons. The molecule has 1 amide bonds. The summed E-state index contributed by atoms with van der Waals surface area (Å²) in [6, 6.07) is 25.3. The van der Waals surface area contributed by atoms with Crippen molar-refractivity contribution in [2.24, 2.45) is 0 Å². The molecular weight excluding hydrogens is 385 g/mol. The summed E-state index contributed by atoms with van der Waals surface area (Å²) in [5, 5.41) is 3.54. The number of anilines is 1. The summed E-state index contributed by atoms with van der Waals surface area (Å²) < 4.78 is 15.2. The van der Waals surface area contributed by atoms with E-state index in [4.69, 9.17) is 4.98 Å². The van der Waals surface area contributed by atoms with Crippen LogP contribution in [0.5, 0.6) is 0 Å². The number of benzene rings is 3. The predicted octanol–water partition coefficient (Wildman–Crippen LogP) is 5.41. The van der Waals surface area contributed by atoms with Crippen LogP contribution in [0, 0.1) is 5.82 Å². The lowest BCUT2D eigenvalue weighted by Gasteiger charge is -2.08. The Balaban J connectivity index is 1.58. The highest BCUT2D eigenvalue weighted by Crippen LogP contribution is 2.27. The molecule has 6 heteroatoms. The number of rotatable bonds is 6. The van der Waals surface area contributed by atoms with Crippen molar-refractivity contribution in [1.82, 2.24) is 9.55 Å². The zero-order valence-electron chi connectivity index (χ0n) is 15.5. The van der Waals surface area contributed by atoms with Gasteiger partial charge in [0.2, 0.25) is 5.91 Å². The van der Waals surface area contributed by atoms with E-state index in [2.05, 4.69) is 5.32 Å². The van der Waals surface area contributed by atoms with Crippen molar-refractivity contribution in [3.8, 4) is 16.9 Å². The zero-order valence-corrected chi connectivity index (χ0v) is 16.3. The van der Waals surface area contributed by atoms with Crippen LogP contribution in [0.3, 0.4) is 0 Å². The molecule has 1 heterocycles. The molecule has 0 aliphatic heterocycles. The van der Waals surface area contributed by atoms with Crippen LogP contribution in [0.1, 0.15) is 0 Å². The molecule has 0 aliphatic rings. The Morgan fingerprint density at radius 3 is 2.28 bits per heavy atom. The van der Waals surface area contributed by atoms with Crippen LogP contribution in [0.25, 0.3) is 16.9 Å². The van der Waals surface area contributed by atoms with Gasteiger partial charge in [-0.15, -0.1) is 0 Å². The fourth-order valence-electron chi connectivity index (χ4n) is 2.85. The van der Waals surface area contributed by atoms with Crippen molar-refractivity contribution in [2.45, 2.75) is 5.16 Å². The fourth-order valence-corrected chi connectivity index (χ4v) is 3.64. The van der Waals surface area contributed by atoms with Gasteiger partial charge in [0.1, 0.15) is 5.82 Å². The van der Waals surface area contributed by atoms with Gasteiger partial charge in [-0.05, 0) is 36.4 Å². The van der Waals surface area contributed by atoms with Crippen LogP contribution < -0.4 is 5.32 Å². The molecule has 0 spiro atoms. The summed E-state index contributed by atoms with van der Waals surface area (Å²) in [7, 11) is 0. The molecule has 4 rings (SSSR count). The summed E-state index contributed by atoms with van der Waals surface area (Å²) in [5.41, 5.74) is 3.31. The second kappa shape index (κ2) is 8.75. The first-order chi connectivity index (χ1) is 14.2. The number of para-hydroxylation sites is 1. The summed E-state index contributed by atoms with van der Waals surface area (Å²) in [5.74, 6) is -0.203.